The number of hydrogen-bond donors (Lipinski definition) is 0. The smallest absolute Gasteiger partial charge is 0.327 e. The van der Waals surface area contributed by atoms with Gasteiger partial charge in [0.15, 0.2) is 11.7 Å². The third-order valence-corrected chi connectivity index (χ3v) is 7.52. The molecule has 9 nitrogen and oxygen atoms in total. The number of para-hydroxylation sites is 1. The first-order valence-corrected chi connectivity index (χ1v) is 11.6. The molecule has 0 aliphatic carbocycles. The van der Waals surface area contributed by atoms with E-state index in [1.807, 2.05) is 24.3 Å². The molecule has 0 saturated carbocycles. The molecule has 2 aromatic carbocycles. The number of aromatic nitrogens is 1. The van der Waals surface area contributed by atoms with Crippen LogP contribution in [-0.2, 0) is 24.3 Å². The number of benzene rings is 2. The normalized spacial score (nSPS) is 14.5. The highest BCUT2D eigenvalue weighted by Gasteiger charge is 2.42. The van der Waals surface area contributed by atoms with E-state index in [1.165, 1.54) is 40.5 Å². The maximum absolute atomic E-state index is 12.6. The summed E-state index contributed by atoms with van der Waals surface area (Å²) in [6.45, 7) is 0.664. The Morgan fingerprint density at radius 2 is 1.84 bits per heavy atom. The van der Waals surface area contributed by atoms with Gasteiger partial charge in [0.2, 0.25) is 0 Å². The second kappa shape index (κ2) is 8.08. The van der Waals surface area contributed by atoms with Gasteiger partial charge in [-0.3, -0.25) is 19.3 Å². The molecule has 160 valence electrons. The Balaban J connectivity index is 1.41. The minimum Gasteiger partial charge on any atom is -0.454 e. The summed E-state index contributed by atoms with van der Waals surface area (Å²) >= 11 is 1.33. The molecule has 4 rings (SSSR count). The molecule has 2 heterocycles. The molecule has 31 heavy (non-hydrogen) atoms. The van der Waals surface area contributed by atoms with Crippen molar-refractivity contribution in [2.45, 2.75) is 11.8 Å². The zero-order valence-electron chi connectivity index (χ0n) is 16.3. The van der Waals surface area contributed by atoms with Crippen LogP contribution in [0.1, 0.15) is 17.3 Å². The Morgan fingerprint density at radius 1 is 1.13 bits per heavy atom. The third-order valence-electron chi connectivity index (χ3n) is 4.67. The Bertz CT molecular complexity index is 1270. The number of likely N-dealkylation sites (N-methyl/N-ethyl adjacent to an activating group) is 1. The minimum atomic E-state index is -4.13. The molecule has 11 heteroatoms. The van der Waals surface area contributed by atoms with Crippen LogP contribution in [-0.4, -0.2) is 55.2 Å². The molecule has 0 bridgehead atoms. The van der Waals surface area contributed by atoms with E-state index in [-0.39, 0.29) is 10.5 Å². The van der Waals surface area contributed by atoms with E-state index in [0.29, 0.717) is 16.0 Å². The molecular formula is C20H17N3O6S2. The van der Waals surface area contributed by atoms with E-state index in [0.717, 1.165) is 10.2 Å². The van der Waals surface area contributed by atoms with Gasteiger partial charge in [-0.05, 0) is 31.2 Å². The quantitative estimate of drug-likeness (QED) is 0.518. The van der Waals surface area contributed by atoms with Crippen molar-refractivity contribution >= 4 is 54.5 Å². The van der Waals surface area contributed by atoms with Crippen LogP contribution in [0.4, 0.5) is 5.13 Å². The topological polar surface area (TPSA) is 114 Å². The summed E-state index contributed by atoms with van der Waals surface area (Å²) in [5.74, 6) is -2.31. The van der Waals surface area contributed by atoms with Gasteiger partial charge in [-0.2, -0.15) is 0 Å². The first kappa shape index (κ1) is 20.9. The van der Waals surface area contributed by atoms with Crippen molar-refractivity contribution in [2.24, 2.45) is 0 Å². The maximum atomic E-state index is 12.6. The number of esters is 1. The van der Waals surface area contributed by atoms with E-state index < -0.39 is 41.0 Å². The summed E-state index contributed by atoms with van der Waals surface area (Å²) in [5.41, 5.74) is 0.752. The zero-order valence-corrected chi connectivity index (χ0v) is 18.0. The standard InChI is InChI=1S/C20H17N3O6S2/c1-2-22(20-21-14-8-4-5-9-15(14)30-20)17(24)12-29-18(25)11-23-19(26)13-7-3-6-10-16(13)31(23,27)28/h3-10H,2,11-12H2,1H3. The Labute approximate surface area is 181 Å². The molecule has 0 unspecified atom stereocenters. The summed E-state index contributed by atoms with van der Waals surface area (Å²) in [6, 6.07) is 13.1. The first-order chi connectivity index (χ1) is 14.8. The summed E-state index contributed by atoms with van der Waals surface area (Å²) in [7, 11) is -4.13. The van der Waals surface area contributed by atoms with Crippen LogP contribution < -0.4 is 4.90 Å². The highest BCUT2D eigenvalue weighted by Crippen LogP contribution is 2.30. The van der Waals surface area contributed by atoms with Crippen LogP contribution in [0.25, 0.3) is 10.2 Å². The van der Waals surface area contributed by atoms with Crippen LogP contribution in [0.3, 0.4) is 0 Å². The molecular weight excluding hydrogens is 442 g/mol. The average molecular weight is 460 g/mol. The van der Waals surface area contributed by atoms with Gasteiger partial charge in [0.05, 0.1) is 15.8 Å². The zero-order chi connectivity index (χ0) is 22.2. The molecule has 0 saturated heterocycles. The summed E-state index contributed by atoms with van der Waals surface area (Å²) < 4.78 is 31.4. The molecule has 1 aliphatic rings. The van der Waals surface area contributed by atoms with Crippen LogP contribution in [0.2, 0.25) is 0 Å². The number of amides is 2. The molecule has 0 N–H and O–H groups in total. The number of fused-ring (bicyclic) bond motifs is 2. The summed E-state index contributed by atoms with van der Waals surface area (Å²) in [6.07, 6.45) is 0. The van der Waals surface area contributed by atoms with Gasteiger partial charge in [0, 0.05) is 6.54 Å². The number of thiazole rings is 1. The molecule has 1 aliphatic heterocycles. The number of carbonyl (C=O) groups is 3. The lowest BCUT2D eigenvalue weighted by molar-refractivity contribution is -0.147. The number of rotatable bonds is 6. The lowest BCUT2D eigenvalue weighted by Crippen LogP contribution is -2.38. The maximum Gasteiger partial charge on any atom is 0.327 e. The third kappa shape index (κ3) is 3.77. The van der Waals surface area contributed by atoms with Gasteiger partial charge in [0.1, 0.15) is 11.4 Å². The number of hydrogen-bond acceptors (Lipinski definition) is 8. The second-order valence-corrected chi connectivity index (χ2v) is 9.42. The van der Waals surface area contributed by atoms with E-state index in [9.17, 15) is 22.8 Å². The summed E-state index contributed by atoms with van der Waals surface area (Å²) in [5, 5.41) is 0.470. The number of ether oxygens (including phenoxy) is 1. The molecule has 0 atom stereocenters. The number of anilines is 1. The van der Waals surface area contributed by atoms with Crippen molar-refractivity contribution in [1.82, 2.24) is 9.29 Å². The van der Waals surface area contributed by atoms with Crippen molar-refractivity contribution in [2.75, 3.05) is 24.6 Å². The highest BCUT2D eigenvalue weighted by atomic mass is 32.2. The molecule has 0 radical (unpaired) electrons. The van der Waals surface area contributed by atoms with Crippen molar-refractivity contribution in [3.8, 4) is 0 Å². The first-order valence-electron chi connectivity index (χ1n) is 9.30. The van der Waals surface area contributed by atoms with Crippen molar-refractivity contribution in [3.05, 3.63) is 54.1 Å². The lowest BCUT2D eigenvalue weighted by Gasteiger charge is -2.18. The average Bonchev–Trinajstić information content (AvgIpc) is 3.26. The van der Waals surface area contributed by atoms with Gasteiger partial charge in [-0.25, -0.2) is 17.7 Å². The van der Waals surface area contributed by atoms with E-state index in [2.05, 4.69) is 4.98 Å². The predicted molar refractivity (Wildman–Crippen MR) is 113 cm³/mol. The molecule has 3 aromatic rings. The number of sulfonamides is 1. The van der Waals surface area contributed by atoms with E-state index in [1.54, 1.807) is 6.92 Å². The minimum absolute atomic E-state index is 0.000583. The summed E-state index contributed by atoms with van der Waals surface area (Å²) in [4.78, 5) is 42.8. The number of nitrogens with zero attached hydrogens (tertiary/aromatic N) is 3. The fraction of sp³-hybridized carbons (Fsp3) is 0.200. The predicted octanol–water partition coefficient (Wildman–Crippen LogP) is 2.04. The fourth-order valence-electron chi connectivity index (χ4n) is 3.16. The highest BCUT2D eigenvalue weighted by molar-refractivity contribution is 7.90. The van der Waals surface area contributed by atoms with Gasteiger partial charge < -0.3 is 4.74 Å². The van der Waals surface area contributed by atoms with Crippen molar-refractivity contribution in [3.63, 3.8) is 0 Å². The van der Waals surface area contributed by atoms with Crippen LogP contribution in [0.15, 0.2) is 53.4 Å². The van der Waals surface area contributed by atoms with Crippen LogP contribution >= 0.6 is 11.3 Å². The van der Waals surface area contributed by atoms with Crippen LogP contribution in [0.5, 0.6) is 0 Å². The molecule has 0 spiro atoms. The molecule has 2 amide bonds. The van der Waals surface area contributed by atoms with Gasteiger partial charge in [0.25, 0.3) is 21.8 Å². The Hall–Kier alpha value is -3.31. The number of carbonyl (C=O) groups excluding carboxylic acids is 3. The van der Waals surface area contributed by atoms with Gasteiger partial charge in [-0.15, -0.1) is 0 Å². The van der Waals surface area contributed by atoms with Gasteiger partial charge in [-0.1, -0.05) is 35.6 Å². The largest absolute Gasteiger partial charge is 0.454 e. The Morgan fingerprint density at radius 3 is 2.55 bits per heavy atom. The van der Waals surface area contributed by atoms with Crippen molar-refractivity contribution < 1.29 is 27.5 Å². The molecule has 1 aromatic heterocycles. The Kier molecular flexibility index (Phi) is 5.46. The molecule has 0 fully saturated rings. The monoisotopic (exact) mass is 459 g/mol. The van der Waals surface area contributed by atoms with Gasteiger partial charge >= 0.3 is 5.97 Å². The van der Waals surface area contributed by atoms with E-state index in [4.69, 9.17) is 4.74 Å². The fourth-order valence-corrected chi connectivity index (χ4v) is 5.72. The van der Waals surface area contributed by atoms with Crippen LogP contribution in [0, 0.1) is 0 Å². The van der Waals surface area contributed by atoms with Crippen molar-refractivity contribution in [1.29, 1.82) is 0 Å². The lowest BCUT2D eigenvalue weighted by atomic mass is 10.2. The SMILES string of the molecule is CCN(C(=O)COC(=O)CN1C(=O)c2ccccc2S1(=O)=O)c1nc2ccccc2s1. The second-order valence-electron chi connectivity index (χ2n) is 6.58. The van der Waals surface area contributed by atoms with E-state index >= 15 is 0 Å².